The molecule has 0 bridgehead atoms. The molecule has 0 fully saturated rings. The molecule has 1 rings (SSSR count). The largest absolute Gasteiger partial charge is 0.491 e. The fourth-order valence-electron chi connectivity index (χ4n) is 1.75. The van der Waals surface area contributed by atoms with Gasteiger partial charge in [-0.05, 0) is 38.5 Å². The van der Waals surface area contributed by atoms with Gasteiger partial charge in [0.1, 0.15) is 0 Å². The number of carbonyl (C=O) groups is 1. The quantitative estimate of drug-likeness (QED) is 0.887. The van der Waals surface area contributed by atoms with Crippen LogP contribution in [0.15, 0.2) is 18.2 Å². The normalized spacial score (nSPS) is 11.3. The first kappa shape index (κ1) is 15.4. The summed E-state index contributed by atoms with van der Waals surface area (Å²) in [6, 6.07) is 4.68. The molecule has 0 saturated carbocycles. The van der Waals surface area contributed by atoms with E-state index in [2.05, 4.69) is 0 Å². The van der Waals surface area contributed by atoms with Gasteiger partial charge in [-0.1, -0.05) is 6.07 Å². The van der Waals surface area contributed by atoms with Gasteiger partial charge in [0, 0.05) is 13.6 Å². The number of hydrogen-bond donors (Lipinski definition) is 1. The van der Waals surface area contributed by atoms with Crippen LogP contribution in [-0.4, -0.2) is 30.0 Å². The molecule has 0 unspecified atom stereocenters. The monoisotopic (exact) mass is 268 g/mol. The van der Waals surface area contributed by atoms with Crippen LogP contribution in [0.1, 0.15) is 26.3 Å². The maximum absolute atomic E-state index is 13.7. The van der Waals surface area contributed by atoms with E-state index in [-0.39, 0.29) is 11.7 Å². The maximum atomic E-state index is 13.7. The number of nitrogens with two attached hydrogens (primary N) is 1. The molecule has 0 aromatic heterocycles. The van der Waals surface area contributed by atoms with Crippen LogP contribution in [0.3, 0.4) is 0 Å². The zero-order valence-corrected chi connectivity index (χ0v) is 11.9. The molecule has 0 heterocycles. The molecule has 0 aliphatic heterocycles. The Hall–Kier alpha value is -1.62. The highest BCUT2D eigenvalue weighted by atomic mass is 19.1. The summed E-state index contributed by atoms with van der Waals surface area (Å²) in [7, 11) is 1.64. The third-order valence-corrected chi connectivity index (χ3v) is 2.61. The van der Waals surface area contributed by atoms with Crippen molar-refractivity contribution in [2.45, 2.75) is 32.9 Å². The van der Waals surface area contributed by atoms with Gasteiger partial charge in [-0.2, -0.15) is 0 Å². The van der Waals surface area contributed by atoms with E-state index in [1.807, 2.05) is 0 Å². The van der Waals surface area contributed by atoms with Crippen LogP contribution >= 0.6 is 0 Å². The molecule has 106 valence electrons. The molecule has 2 N–H and O–H groups in total. The second kappa shape index (κ2) is 6.02. The van der Waals surface area contributed by atoms with E-state index in [0.29, 0.717) is 18.7 Å². The van der Waals surface area contributed by atoms with Crippen molar-refractivity contribution in [1.29, 1.82) is 0 Å². The van der Waals surface area contributed by atoms with Gasteiger partial charge in [0.15, 0.2) is 11.6 Å². The highest BCUT2D eigenvalue weighted by molar-refractivity contribution is 5.84. The summed E-state index contributed by atoms with van der Waals surface area (Å²) in [6.45, 7) is 5.80. The van der Waals surface area contributed by atoms with Crippen LogP contribution in [0.4, 0.5) is 4.39 Å². The molecule has 4 nitrogen and oxygen atoms in total. The van der Waals surface area contributed by atoms with Gasteiger partial charge >= 0.3 is 0 Å². The summed E-state index contributed by atoms with van der Waals surface area (Å²) in [5, 5.41) is 0. The van der Waals surface area contributed by atoms with Crippen molar-refractivity contribution in [2.24, 2.45) is 5.73 Å². The number of amides is 1. The average molecular weight is 268 g/mol. The molecular formula is C14H21FN2O2. The molecule has 5 heteroatoms. The summed E-state index contributed by atoms with van der Waals surface area (Å²) in [5.41, 5.74) is 5.51. The Labute approximate surface area is 113 Å². The number of hydrogen-bond acceptors (Lipinski definition) is 3. The van der Waals surface area contributed by atoms with Crippen LogP contribution in [0.2, 0.25) is 0 Å². The van der Waals surface area contributed by atoms with E-state index in [1.54, 1.807) is 40.0 Å². The van der Waals surface area contributed by atoms with Crippen LogP contribution < -0.4 is 10.5 Å². The van der Waals surface area contributed by atoms with Crippen molar-refractivity contribution in [3.05, 3.63) is 29.6 Å². The van der Waals surface area contributed by atoms with E-state index in [0.717, 1.165) is 0 Å². The standard InChI is InChI=1S/C14H21FN2O2/c1-5-19-12-7-6-10(8-11(12)15)9-17(4)13(18)14(2,3)16/h6-8H,5,9,16H2,1-4H3. The van der Waals surface area contributed by atoms with E-state index < -0.39 is 11.4 Å². The molecule has 19 heavy (non-hydrogen) atoms. The SMILES string of the molecule is CCOc1ccc(CN(C)C(=O)C(C)(C)N)cc1F. The van der Waals surface area contributed by atoms with Gasteiger partial charge in [-0.15, -0.1) is 0 Å². The summed E-state index contributed by atoms with van der Waals surface area (Å²) >= 11 is 0. The molecule has 1 aromatic carbocycles. The third-order valence-electron chi connectivity index (χ3n) is 2.61. The predicted octanol–water partition coefficient (Wildman–Crippen LogP) is 1.92. The maximum Gasteiger partial charge on any atom is 0.242 e. The Morgan fingerprint density at radius 3 is 2.58 bits per heavy atom. The first-order valence-corrected chi connectivity index (χ1v) is 6.21. The van der Waals surface area contributed by atoms with E-state index in [4.69, 9.17) is 10.5 Å². The lowest BCUT2D eigenvalue weighted by Crippen LogP contribution is -2.49. The third kappa shape index (κ3) is 4.21. The lowest BCUT2D eigenvalue weighted by molar-refractivity contribution is -0.135. The average Bonchev–Trinajstić information content (AvgIpc) is 2.30. The molecule has 1 aromatic rings. The van der Waals surface area contributed by atoms with Gasteiger partial charge in [-0.25, -0.2) is 4.39 Å². The van der Waals surface area contributed by atoms with Crippen LogP contribution in [0.5, 0.6) is 5.75 Å². The first-order chi connectivity index (χ1) is 8.75. The highest BCUT2D eigenvalue weighted by Crippen LogP contribution is 2.19. The van der Waals surface area contributed by atoms with Crippen LogP contribution in [0.25, 0.3) is 0 Å². The number of nitrogens with zero attached hydrogens (tertiary/aromatic N) is 1. The molecule has 1 amide bonds. The smallest absolute Gasteiger partial charge is 0.242 e. The highest BCUT2D eigenvalue weighted by Gasteiger charge is 2.25. The second-order valence-electron chi connectivity index (χ2n) is 5.08. The number of halogens is 1. The van der Waals surface area contributed by atoms with E-state index in [1.165, 1.54) is 11.0 Å². The van der Waals surface area contributed by atoms with Gasteiger partial charge in [-0.3, -0.25) is 4.79 Å². The number of carbonyl (C=O) groups excluding carboxylic acids is 1. The van der Waals surface area contributed by atoms with Gasteiger partial charge < -0.3 is 15.4 Å². The van der Waals surface area contributed by atoms with Crippen LogP contribution in [-0.2, 0) is 11.3 Å². The Balaban J connectivity index is 2.78. The fourth-order valence-corrected chi connectivity index (χ4v) is 1.75. The zero-order valence-electron chi connectivity index (χ0n) is 11.9. The Bertz CT molecular complexity index is 455. The molecule has 0 atom stereocenters. The summed E-state index contributed by atoms with van der Waals surface area (Å²) in [5.74, 6) is -0.395. The fraction of sp³-hybridized carbons (Fsp3) is 0.500. The molecular weight excluding hydrogens is 247 g/mol. The van der Waals surface area contributed by atoms with Gasteiger partial charge in [0.05, 0.1) is 12.1 Å². The number of likely N-dealkylation sites (N-methyl/N-ethyl adjacent to an activating group) is 1. The molecule has 0 saturated heterocycles. The minimum Gasteiger partial charge on any atom is -0.491 e. The minimum atomic E-state index is -0.932. The van der Waals surface area contributed by atoms with Crippen molar-refractivity contribution in [1.82, 2.24) is 4.90 Å². The number of ether oxygens (including phenoxy) is 1. The Morgan fingerprint density at radius 1 is 1.47 bits per heavy atom. The molecule has 0 spiro atoms. The van der Waals surface area contributed by atoms with E-state index >= 15 is 0 Å². The zero-order chi connectivity index (χ0) is 14.6. The first-order valence-electron chi connectivity index (χ1n) is 6.21. The van der Waals surface area contributed by atoms with Crippen molar-refractivity contribution < 1.29 is 13.9 Å². The predicted molar refractivity (Wildman–Crippen MR) is 72.3 cm³/mol. The number of rotatable bonds is 5. The molecule has 0 radical (unpaired) electrons. The van der Waals surface area contributed by atoms with Crippen molar-refractivity contribution in [3.63, 3.8) is 0 Å². The Kier molecular flexibility index (Phi) is 4.89. The molecule has 0 aliphatic rings. The number of benzene rings is 1. The molecule has 0 aliphatic carbocycles. The Morgan fingerprint density at radius 2 is 2.11 bits per heavy atom. The lowest BCUT2D eigenvalue weighted by atomic mass is 10.1. The van der Waals surface area contributed by atoms with E-state index in [9.17, 15) is 9.18 Å². The van der Waals surface area contributed by atoms with Crippen molar-refractivity contribution in [2.75, 3.05) is 13.7 Å². The minimum absolute atomic E-state index is 0.193. The van der Waals surface area contributed by atoms with Crippen molar-refractivity contribution >= 4 is 5.91 Å². The summed E-state index contributed by atoms with van der Waals surface area (Å²) in [4.78, 5) is 13.4. The van der Waals surface area contributed by atoms with Crippen molar-refractivity contribution in [3.8, 4) is 5.75 Å². The van der Waals surface area contributed by atoms with Crippen LogP contribution in [0, 0.1) is 5.82 Å². The summed E-state index contributed by atoms with van der Waals surface area (Å²) in [6.07, 6.45) is 0. The second-order valence-corrected chi connectivity index (χ2v) is 5.08. The topological polar surface area (TPSA) is 55.6 Å². The lowest BCUT2D eigenvalue weighted by Gasteiger charge is -2.26. The van der Waals surface area contributed by atoms with Gasteiger partial charge in [0.25, 0.3) is 0 Å². The summed E-state index contributed by atoms with van der Waals surface area (Å²) < 4.78 is 18.8. The van der Waals surface area contributed by atoms with Gasteiger partial charge in [0.2, 0.25) is 5.91 Å².